The summed E-state index contributed by atoms with van der Waals surface area (Å²) < 4.78 is 2.23. The van der Waals surface area contributed by atoms with E-state index in [1.54, 1.807) is 0 Å². The van der Waals surface area contributed by atoms with Crippen molar-refractivity contribution >= 4 is 0 Å². The standard InChI is InChI=1S/C13H21N3/c1-11(2)16-10-14-8-13(16)9-15-12-6-4-3-5-7-12/h3-4,8,10-12,15H,5-7,9H2,1-2H3. The molecule has 0 saturated heterocycles. The first kappa shape index (κ1) is 11.4. The molecule has 3 nitrogen and oxygen atoms in total. The van der Waals surface area contributed by atoms with Crippen molar-refractivity contribution in [2.45, 2.75) is 51.7 Å². The molecule has 2 rings (SSSR count). The Hall–Kier alpha value is -1.09. The van der Waals surface area contributed by atoms with Crippen LogP contribution in [0.15, 0.2) is 24.7 Å². The second-order valence-corrected chi connectivity index (χ2v) is 4.75. The number of rotatable bonds is 4. The number of hydrogen-bond acceptors (Lipinski definition) is 2. The van der Waals surface area contributed by atoms with Gasteiger partial charge in [-0.2, -0.15) is 0 Å². The first-order valence-corrected chi connectivity index (χ1v) is 6.16. The molecule has 3 heteroatoms. The van der Waals surface area contributed by atoms with Crippen LogP contribution in [0, 0.1) is 0 Å². The van der Waals surface area contributed by atoms with Gasteiger partial charge in [-0.1, -0.05) is 12.2 Å². The van der Waals surface area contributed by atoms with E-state index in [4.69, 9.17) is 0 Å². The van der Waals surface area contributed by atoms with E-state index in [-0.39, 0.29) is 0 Å². The molecule has 0 aromatic carbocycles. The maximum Gasteiger partial charge on any atom is 0.0951 e. The molecule has 1 aliphatic rings. The number of hydrogen-bond donors (Lipinski definition) is 1. The summed E-state index contributed by atoms with van der Waals surface area (Å²) in [6.07, 6.45) is 12.1. The third-order valence-electron chi connectivity index (χ3n) is 3.14. The summed E-state index contributed by atoms with van der Waals surface area (Å²) in [4.78, 5) is 4.22. The number of allylic oxidation sites excluding steroid dienone is 1. The van der Waals surface area contributed by atoms with Crippen LogP contribution in [0.25, 0.3) is 0 Å². The lowest BCUT2D eigenvalue weighted by Gasteiger charge is -2.20. The van der Waals surface area contributed by atoms with E-state index in [1.165, 1.54) is 18.5 Å². The average molecular weight is 219 g/mol. The van der Waals surface area contributed by atoms with Gasteiger partial charge in [0, 0.05) is 24.8 Å². The lowest BCUT2D eigenvalue weighted by Crippen LogP contribution is -2.30. The number of aromatic nitrogens is 2. The topological polar surface area (TPSA) is 29.9 Å². The van der Waals surface area contributed by atoms with Gasteiger partial charge in [-0.05, 0) is 33.1 Å². The first-order chi connectivity index (χ1) is 7.77. The van der Waals surface area contributed by atoms with Crippen molar-refractivity contribution in [2.24, 2.45) is 0 Å². The minimum atomic E-state index is 0.491. The number of imidazole rings is 1. The summed E-state index contributed by atoms with van der Waals surface area (Å²) in [5, 5.41) is 3.61. The lowest BCUT2D eigenvalue weighted by atomic mass is 10.0. The van der Waals surface area contributed by atoms with E-state index >= 15 is 0 Å². The quantitative estimate of drug-likeness (QED) is 0.789. The fourth-order valence-electron chi connectivity index (χ4n) is 2.16. The highest BCUT2D eigenvalue weighted by Crippen LogP contribution is 2.13. The molecule has 16 heavy (non-hydrogen) atoms. The molecule has 1 heterocycles. The molecule has 88 valence electrons. The highest BCUT2D eigenvalue weighted by molar-refractivity contribution is 5.01. The third-order valence-corrected chi connectivity index (χ3v) is 3.14. The molecule has 1 atom stereocenters. The molecule has 0 radical (unpaired) electrons. The van der Waals surface area contributed by atoms with Crippen molar-refractivity contribution in [1.82, 2.24) is 14.9 Å². The Morgan fingerprint density at radius 1 is 1.50 bits per heavy atom. The SMILES string of the molecule is CC(C)n1cncc1CNC1CC=CCC1. The Bertz CT molecular complexity index is 352. The van der Waals surface area contributed by atoms with Gasteiger partial charge in [0.2, 0.25) is 0 Å². The fraction of sp³-hybridized carbons (Fsp3) is 0.615. The Kier molecular flexibility index (Phi) is 3.78. The Morgan fingerprint density at radius 2 is 2.38 bits per heavy atom. The smallest absolute Gasteiger partial charge is 0.0951 e. The average Bonchev–Trinajstić information content (AvgIpc) is 2.76. The zero-order valence-electron chi connectivity index (χ0n) is 10.2. The minimum absolute atomic E-state index is 0.491. The van der Waals surface area contributed by atoms with Crippen LogP contribution in [0.4, 0.5) is 0 Å². The van der Waals surface area contributed by atoms with E-state index < -0.39 is 0 Å². The van der Waals surface area contributed by atoms with Gasteiger partial charge < -0.3 is 9.88 Å². The van der Waals surface area contributed by atoms with Gasteiger partial charge in [0.15, 0.2) is 0 Å². The van der Waals surface area contributed by atoms with Crippen molar-refractivity contribution in [3.8, 4) is 0 Å². The summed E-state index contributed by atoms with van der Waals surface area (Å²) in [7, 11) is 0. The number of nitrogens with one attached hydrogen (secondary N) is 1. The molecular weight excluding hydrogens is 198 g/mol. The Morgan fingerprint density at radius 3 is 3.06 bits per heavy atom. The zero-order valence-corrected chi connectivity index (χ0v) is 10.2. The molecular formula is C13H21N3. The van der Waals surface area contributed by atoms with Crippen molar-refractivity contribution in [2.75, 3.05) is 0 Å². The van der Waals surface area contributed by atoms with Crippen LogP contribution in [-0.2, 0) is 6.54 Å². The van der Waals surface area contributed by atoms with Gasteiger partial charge in [-0.25, -0.2) is 4.98 Å². The van der Waals surface area contributed by atoms with Gasteiger partial charge in [-0.15, -0.1) is 0 Å². The van der Waals surface area contributed by atoms with Gasteiger partial charge in [0.25, 0.3) is 0 Å². The minimum Gasteiger partial charge on any atom is -0.331 e. The molecule has 1 aliphatic carbocycles. The van der Waals surface area contributed by atoms with Crippen LogP contribution >= 0.6 is 0 Å². The van der Waals surface area contributed by atoms with Crippen LogP contribution in [0.1, 0.15) is 44.8 Å². The molecule has 1 aromatic rings. The van der Waals surface area contributed by atoms with Crippen molar-refractivity contribution in [3.63, 3.8) is 0 Å². The van der Waals surface area contributed by atoms with Crippen molar-refractivity contribution < 1.29 is 0 Å². The van der Waals surface area contributed by atoms with Crippen LogP contribution in [0.3, 0.4) is 0 Å². The maximum absolute atomic E-state index is 4.22. The lowest BCUT2D eigenvalue weighted by molar-refractivity contribution is 0.457. The molecule has 1 N–H and O–H groups in total. The largest absolute Gasteiger partial charge is 0.331 e. The molecule has 0 saturated carbocycles. The fourth-order valence-corrected chi connectivity index (χ4v) is 2.16. The molecule has 0 spiro atoms. The second-order valence-electron chi connectivity index (χ2n) is 4.75. The summed E-state index contributed by atoms with van der Waals surface area (Å²) >= 11 is 0. The summed E-state index contributed by atoms with van der Waals surface area (Å²) in [6.45, 7) is 5.31. The van der Waals surface area contributed by atoms with E-state index in [9.17, 15) is 0 Å². The highest BCUT2D eigenvalue weighted by Gasteiger charge is 2.11. The summed E-state index contributed by atoms with van der Waals surface area (Å²) in [6, 6.07) is 1.13. The first-order valence-electron chi connectivity index (χ1n) is 6.16. The van der Waals surface area contributed by atoms with Crippen LogP contribution in [0.5, 0.6) is 0 Å². The monoisotopic (exact) mass is 219 g/mol. The van der Waals surface area contributed by atoms with Crippen molar-refractivity contribution in [1.29, 1.82) is 0 Å². The summed E-state index contributed by atoms with van der Waals surface area (Å²) in [5.41, 5.74) is 1.28. The molecule has 1 unspecified atom stereocenters. The molecule has 0 amide bonds. The van der Waals surface area contributed by atoms with Gasteiger partial charge in [0.1, 0.15) is 0 Å². The van der Waals surface area contributed by atoms with Crippen molar-refractivity contribution in [3.05, 3.63) is 30.4 Å². The highest BCUT2D eigenvalue weighted by atomic mass is 15.1. The molecule has 0 aliphatic heterocycles. The second kappa shape index (κ2) is 5.30. The molecule has 0 bridgehead atoms. The van der Waals surface area contributed by atoms with Crippen LogP contribution in [0.2, 0.25) is 0 Å². The predicted octanol–water partition coefficient (Wildman–Crippen LogP) is 2.66. The number of nitrogens with zero attached hydrogens (tertiary/aromatic N) is 2. The van der Waals surface area contributed by atoms with Crippen LogP contribution < -0.4 is 5.32 Å². The van der Waals surface area contributed by atoms with E-state index in [0.717, 1.165) is 13.0 Å². The van der Waals surface area contributed by atoms with E-state index in [1.807, 2.05) is 12.5 Å². The predicted molar refractivity (Wildman–Crippen MR) is 66.2 cm³/mol. The van der Waals surface area contributed by atoms with E-state index in [2.05, 4.69) is 40.9 Å². The Balaban J connectivity index is 1.89. The maximum atomic E-state index is 4.22. The molecule has 1 aromatic heterocycles. The van der Waals surface area contributed by atoms with Gasteiger partial charge in [0.05, 0.1) is 12.0 Å². The van der Waals surface area contributed by atoms with Gasteiger partial charge >= 0.3 is 0 Å². The normalized spacial score (nSPS) is 20.6. The summed E-state index contributed by atoms with van der Waals surface area (Å²) in [5.74, 6) is 0. The zero-order chi connectivity index (χ0) is 11.4. The Labute approximate surface area is 97.6 Å². The van der Waals surface area contributed by atoms with E-state index in [0.29, 0.717) is 12.1 Å². The third kappa shape index (κ3) is 2.73. The molecule has 0 fully saturated rings. The van der Waals surface area contributed by atoms with Gasteiger partial charge in [-0.3, -0.25) is 0 Å². The van der Waals surface area contributed by atoms with Crippen LogP contribution in [-0.4, -0.2) is 15.6 Å².